The van der Waals surface area contributed by atoms with Crippen LogP contribution >= 0.6 is 0 Å². The Labute approximate surface area is 89.0 Å². The molecule has 0 radical (unpaired) electrons. The molecule has 0 amide bonds. The third-order valence-corrected chi connectivity index (χ3v) is 2.14. The zero-order valence-electron chi connectivity index (χ0n) is 9.07. The fraction of sp³-hybridized carbons (Fsp3) is 0.250. The molecule has 0 atom stereocenters. The molecule has 1 aromatic rings. The first-order valence-electron chi connectivity index (χ1n) is 4.61. The number of hydrogen-bond donors (Lipinski definition) is 1. The van der Waals surface area contributed by atoms with E-state index in [-0.39, 0.29) is 11.5 Å². The van der Waals surface area contributed by atoms with Crippen molar-refractivity contribution >= 4 is 11.9 Å². The number of methoxy groups -OCH3 is 1. The van der Waals surface area contributed by atoms with Crippen LogP contribution in [0.5, 0.6) is 11.5 Å². The van der Waals surface area contributed by atoms with Crippen LogP contribution in [0.2, 0.25) is 0 Å². The molecule has 3 heteroatoms. The van der Waals surface area contributed by atoms with Crippen LogP contribution in [0.4, 0.5) is 0 Å². The molecule has 0 saturated heterocycles. The second-order valence-corrected chi connectivity index (χ2v) is 3.31. The Morgan fingerprint density at radius 2 is 2.07 bits per heavy atom. The number of phenols is 1. The predicted octanol–water partition coefficient (Wildman–Crippen LogP) is 2.39. The number of phenolic OH excluding ortho intramolecular Hbond substituents is 1. The third kappa shape index (κ3) is 2.84. The van der Waals surface area contributed by atoms with E-state index in [1.165, 1.54) is 20.1 Å². The van der Waals surface area contributed by atoms with Crippen LogP contribution in [-0.2, 0) is 4.79 Å². The van der Waals surface area contributed by atoms with Gasteiger partial charge in [-0.05, 0) is 43.2 Å². The highest BCUT2D eigenvalue weighted by Gasteiger charge is 2.02. The summed E-state index contributed by atoms with van der Waals surface area (Å²) >= 11 is 0. The van der Waals surface area contributed by atoms with E-state index >= 15 is 0 Å². The fourth-order valence-electron chi connectivity index (χ4n) is 1.14. The molecule has 0 aromatic heterocycles. The Balaban J connectivity index is 3.07. The van der Waals surface area contributed by atoms with Crippen molar-refractivity contribution < 1.29 is 14.6 Å². The minimum absolute atomic E-state index is 0.0297. The summed E-state index contributed by atoms with van der Waals surface area (Å²) in [6.45, 7) is 3.27. The molecule has 0 saturated carbocycles. The first kappa shape index (κ1) is 11.3. The number of benzene rings is 1. The maximum Gasteiger partial charge on any atom is 0.161 e. The van der Waals surface area contributed by atoms with E-state index in [9.17, 15) is 9.90 Å². The standard InChI is InChI=1S/C12H14O3/c1-8(9(2)13)6-10-4-5-11(14)12(7-10)15-3/h4-7,14H,1-3H3/b8-6+. The number of Topliss-reactive ketones (excluding diaryl/α,β-unsaturated/α-hetero) is 1. The van der Waals surface area contributed by atoms with Gasteiger partial charge in [-0.3, -0.25) is 4.79 Å². The number of carbonyl (C=O) groups is 1. The van der Waals surface area contributed by atoms with Gasteiger partial charge in [0.05, 0.1) is 7.11 Å². The fourth-order valence-corrected chi connectivity index (χ4v) is 1.14. The third-order valence-electron chi connectivity index (χ3n) is 2.14. The Bertz CT molecular complexity index is 405. The Morgan fingerprint density at radius 3 is 2.60 bits per heavy atom. The van der Waals surface area contributed by atoms with E-state index in [4.69, 9.17) is 4.74 Å². The normalized spacial score (nSPS) is 11.3. The van der Waals surface area contributed by atoms with Gasteiger partial charge in [-0.25, -0.2) is 0 Å². The van der Waals surface area contributed by atoms with Gasteiger partial charge >= 0.3 is 0 Å². The van der Waals surface area contributed by atoms with E-state index in [1.807, 2.05) is 0 Å². The molecule has 1 aromatic carbocycles. The summed E-state index contributed by atoms with van der Waals surface area (Å²) in [4.78, 5) is 11.0. The molecule has 15 heavy (non-hydrogen) atoms. The predicted molar refractivity (Wildman–Crippen MR) is 59.0 cm³/mol. The van der Waals surface area contributed by atoms with E-state index in [0.717, 1.165) is 5.56 Å². The quantitative estimate of drug-likeness (QED) is 0.772. The van der Waals surface area contributed by atoms with Gasteiger partial charge in [0, 0.05) is 0 Å². The van der Waals surface area contributed by atoms with Crippen molar-refractivity contribution in [2.45, 2.75) is 13.8 Å². The monoisotopic (exact) mass is 206 g/mol. The summed E-state index contributed by atoms with van der Waals surface area (Å²) < 4.78 is 4.96. The topological polar surface area (TPSA) is 46.5 Å². The zero-order valence-corrected chi connectivity index (χ0v) is 9.07. The van der Waals surface area contributed by atoms with Crippen LogP contribution in [-0.4, -0.2) is 18.0 Å². The first-order valence-corrected chi connectivity index (χ1v) is 4.61. The minimum atomic E-state index is 0.0297. The molecule has 0 spiro atoms. The number of ketones is 1. The molecule has 0 unspecified atom stereocenters. The number of hydrogen-bond acceptors (Lipinski definition) is 3. The van der Waals surface area contributed by atoms with Crippen LogP contribution in [0.15, 0.2) is 23.8 Å². The van der Waals surface area contributed by atoms with Gasteiger partial charge < -0.3 is 9.84 Å². The molecule has 1 N–H and O–H groups in total. The summed E-state index contributed by atoms with van der Waals surface area (Å²) in [6.07, 6.45) is 1.75. The van der Waals surface area contributed by atoms with Gasteiger partial charge in [-0.15, -0.1) is 0 Å². The van der Waals surface area contributed by atoms with Gasteiger partial charge in [0.2, 0.25) is 0 Å². The Morgan fingerprint density at radius 1 is 1.40 bits per heavy atom. The van der Waals surface area contributed by atoms with Gasteiger partial charge in [-0.1, -0.05) is 6.07 Å². The van der Waals surface area contributed by atoms with Gasteiger partial charge in [-0.2, -0.15) is 0 Å². The van der Waals surface area contributed by atoms with E-state index < -0.39 is 0 Å². The van der Waals surface area contributed by atoms with Crippen LogP contribution < -0.4 is 4.74 Å². The lowest BCUT2D eigenvalue weighted by Gasteiger charge is -2.04. The van der Waals surface area contributed by atoms with E-state index in [0.29, 0.717) is 11.3 Å². The molecule has 80 valence electrons. The largest absolute Gasteiger partial charge is 0.504 e. The highest BCUT2D eigenvalue weighted by atomic mass is 16.5. The van der Waals surface area contributed by atoms with Gasteiger partial charge in [0.25, 0.3) is 0 Å². The van der Waals surface area contributed by atoms with Crippen LogP contribution in [0, 0.1) is 0 Å². The van der Waals surface area contributed by atoms with Crippen LogP contribution in [0.3, 0.4) is 0 Å². The molecular formula is C12H14O3. The van der Waals surface area contributed by atoms with Gasteiger partial charge in [0.15, 0.2) is 17.3 Å². The SMILES string of the molecule is COc1cc(/C=C(\C)C(C)=O)ccc1O. The number of rotatable bonds is 3. The highest BCUT2D eigenvalue weighted by Crippen LogP contribution is 2.27. The molecule has 1 rings (SSSR count). The molecule has 0 bridgehead atoms. The summed E-state index contributed by atoms with van der Waals surface area (Å²) in [6, 6.07) is 4.95. The first-order chi connectivity index (χ1) is 7.04. The zero-order chi connectivity index (χ0) is 11.4. The number of aromatic hydroxyl groups is 1. The summed E-state index contributed by atoms with van der Waals surface area (Å²) in [5.41, 5.74) is 1.50. The summed E-state index contributed by atoms with van der Waals surface area (Å²) in [5.74, 6) is 0.525. The van der Waals surface area contributed by atoms with Crippen LogP contribution in [0.1, 0.15) is 19.4 Å². The summed E-state index contributed by atoms with van der Waals surface area (Å²) in [5, 5.41) is 9.37. The Kier molecular flexibility index (Phi) is 3.50. The summed E-state index contributed by atoms with van der Waals surface area (Å²) in [7, 11) is 1.49. The highest BCUT2D eigenvalue weighted by molar-refractivity contribution is 5.97. The van der Waals surface area contributed by atoms with Crippen molar-refractivity contribution in [1.29, 1.82) is 0 Å². The molecule has 3 nitrogen and oxygen atoms in total. The molecule has 0 fully saturated rings. The molecule has 0 aliphatic rings. The van der Waals surface area contributed by atoms with Crippen molar-refractivity contribution in [2.75, 3.05) is 7.11 Å². The van der Waals surface area contributed by atoms with Crippen molar-refractivity contribution in [3.8, 4) is 11.5 Å². The molecule has 0 heterocycles. The lowest BCUT2D eigenvalue weighted by molar-refractivity contribution is -0.113. The number of allylic oxidation sites excluding steroid dienone is 1. The number of ether oxygens (including phenoxy) is 1. The second-order valence-electron chi connectivity index (χ2n) is 3.31. The molecular weight excluding hydrogens is 192 g/mol. The number of carbonyl (C=O) groups excluding carboxylic acids is 1. The lowest BCUT2D eigenvalue weighted by Crippen LogP contribution is -1.91. The van der Waals surface area contributed by atoms with E-state index in [1.54, 1.807) is 25.1 Å². The average Bonchev–Trinajstić information content (AvgIpc) is 2.20. The van der Waals surface area contributed by atoms with Crippen molar-refractivity contribution in [3.05, 3.63) is 29.3 Å². The smallest absolute Gasteiger partial charge is 0.161 e. The molecule has 0 aliphatic carbocycles. The van der Waals surface area contributed by atoms with Crippen molar-refractivity contribution in [2.24, 2.45) is 0 Å². The second kappa shape index (κ2) is 4.64. The maximum atomic E-state index is 11.0. The molecule has 0 aliphatic heterocycles. The van der Waals surface area contributed by atoms with Crippen molar-refractivity contribution in [3.63, 3.8) is 0 Å². The Hall–Kier alpha value is -1.77. The van der Waals surface area contributed by atoms with Crippen LogP contribution in [0.25, 0.3) is 6.08 Å². The lowest BCUT2D eigenvalue weighted by atomic mass is 10.1. The van der Waals surface area contributed by atoms with Gasteiger partial charge in [0.1, 0.15) is 0 Å². The average molecular weight is 206 g/mol. The van der Waals surface area contributed by atoms with E-state index in [2.05, 4.69) is 0 Å². The minimum Gasteiger partial charge on any atom is -0.504 e. The maximum absolute atomic E-state index is 11.0. The van der Waals surface area contributed by atoms with Crippen molar-refractivity contribution in [1.82, 2.24) is 0 Å².